The highest BCUT2D eigenvalue weighted by Gasteiger charge is 2.15. The van der Waals surface area contributed by atoms with E-state index in [0.29, 0.717) is 28.9 Å². The molecule has 0 saturated carbocycles. The normalized spacial score (nSPS) is 11.8. The number of aromatic nitrogens is 1. The van der Waals surface area contributed by atoms with Crippen LogP contribution in [0, 0.1) is 0 Å². The van der Waals surface area contributed by atoms with Gasteiger partial charge in [-0.25, -0.2) is 0 Å². The van der Waals surface area contributed by atoms with E-state index in [1.807, 2.05) is 50.5 Å². The minimum absolute atomic E-state index is 0.108. The Morgan fingerprint density at radius 2 is 1.76 bits per heavy atom. The first-order chi connectivity index (χ1) is 12.1. The van der Waals surface area contributed by atoms with Gasteiger partial charge in [-0.2, -0.15) is 0 Å². The molecule has 1 N–H and O–H groups in total. The Kier molecular flexibility index (Phi) is 3.93. The number of fused-ring (bicyclic) bond motifs is 5. The van der Waals surface area contributed by atoms with Crippen LogP contribution in [0.15, 0.2) is 51.7 Å². The van der Waals surface area contributed by atoms with Crippen molar-refractivity contribution >= 4 is 32.8 Å². The molecular formula is C20H20N2O3. The first-order valence-electron chi connectivity index (χ1n) is 8.39. The number of nitrogens with zero attached hydrogens (tertiary/aromatic N) is 1. The molecule has 4 rings (SSSR count). The SMILES string of the molecule is CN(C)CCCOc1cccc2c1oc1c3ccccc3c(=O)[nH]c21. The number of hydrogen-bond donors (Lipinski definition) is 1. The second kappa shape index (κ2) is 6.26. The van der Waals surface area contributed by atoms with Gasteiger partial charge in [-0.15, -0.1) is 0 Å². The number of H-pyrrole nitrogens is 1. The minimum atomic E-state index is -0.108. The van der Waals surface area contributed by atoms with Gasteiger partial charge in [0.05, 0.1) is 17.5 Å². The van der Waals surface area contributed by atoms with Gasteiger partial charge in [-0.3, -0.25) is 4.79 Å². The second-order valence-corrected chi connectivity index (χ2v) is 6.44. The Morgan fingerprint density at radius 3 is 2.56 bits per heavy atom. The number of benzene rings is 2. The third kappa shape index (κ3) is 2.76. The van der Waals surface area contributed by atoms with Crippen molar-refractivity contribution in [3.8, 4) is 5.75 Å². The van der Waals surface area contributed by atoms with E-state index >= 15 is 0 Å². The molecule has 25 heavy (non-hydrogen) atoms. The molecule has 0 saturated heterocycles. The first kappa shape index (κ1) is 15.7. The van der Waals surface area contributed by atoms with Gasteiger partial charge in [-0.1, -0.05) is 24.3 Å². The topological polar surface area (TPSA) is 58.5 Å². The molecule has 0 bridgehead atoms. The van der Waals surface area contributed by atoms with Crippen LogP contribution in [0.4, 0.5) is 0 Å². The maximum Gasteiger partial charge on any atom is 0.256 e. The lowest BCUT2D eigenvalue weighted by atomic mass is 10.1. The fraction of sp³-hybridized carbons (Fsp3) is 0.250. The monoisotopic (exact) mass is 336 g/mol. The van der Waals surface area contributed by atoms with E-state index in [2.05, 4.69) is 9.88 Å². The van der Waals surface area contributed by atoms with E-state index in [1.54, 1.807) is 6.07 Å². The minimum Gasteiger partial charge on any atom is -0.490 e. The van der Waals surface area contributed by atoms with E-state index in [4.69, 9.17) is 9.15 Å². The summed E-state index contributed by atoms with van der Waals surface area (Å²) in [6.07, 6.45) is 0.934. The van der Waals surface area contributed by atoms with Crippen LogP contribution in [0.3, 0.4) is 0 Å². The van der Waals surface area contributed by atoms with Crippen LogP contribution in [0.5, 0.6) is 5.75 Å². The fourth-order valence-electron chi connectivity index (χ4n) is 3.14. The Labute approximate surface area is 144 Å². The van der Waals surface area contributed by atoms with Crippen LogP contribution in [0.2, 0.25) is 0 Å². The van der Waals surface area contributed by atoms with Gasteiger partial charge >= 0.3 is 0 Å². The maximum atomic E-state index is 12.4. The summed E-state index contributed by atoms with van der Waals surface area (Å²) in [6, 6.07) is 13.2. The molecule has 0 aliphatic carbocycles. The van der Waals surface area contributed by atoms with Gasteiger partial charge in [0.25, 0.3) is 5.56 Å². The number of aromatic amines is 1. The summed E-state index contributed by atoms with van der Waals surface area (Å²) in [5.74, 6) is 0.706. The molecular weight excluding hydrogens is 316 g/mol. The Morgan fingerprint density at radius 1 is 1.00 bits per heavy atom. The lowest BCUT2D eigenvalue weighted by Gasteiger charge is -2.10. The molecule has 5 nitrogen and oxygen atoms in total. The molecule has 0 aliphatic heterocycles. The van der Waals surface area contributed by atoms with Crippen molar-refractivity contribution in [1.82, 2.24) is 9.88 Å². The van der Waals surface area contributed by atoms with Crippen LogP contribution in [-0.2, 0) is 0 Å². The molecule has 0 radical (unpaired) electrons. The molecule has 0 atom stereocenters. The lowest BCUT2D eigenvalue weighted by Crippen LogP contribution is -2.15. The number of furan rings is 1. The summed E-state index contributed by atoms with van der Waals surface area (Å²) in [5, 5.41) is 2.31. The van der Waals surface area contributed by atoms with Crippen molar-refractivity contribution in [2.75, 3.05) is 27.2 Å². The molecule has 0 spiro atoms. The van der Waals surface area contributed by atoms with Crippen molar-refractivity contribution in [3.05, 3.63) is 52.8 Å². The number of para-hydroxylation sites is 1. The average molecular weight is 336 g/mol. The third-order valence-electron chi connectivity index (χ3n) is 4.34. The standard InChI is InChI=1S/C20H20N2O3/c1-22(2)11-6-12-24-16-10-5-9-15-17-19(25-18(15)16)13-7-3-4-8-14(13)20(23)21-17/h3-5,7-10H,6,11-12H2,1-2H3,(H,21,23). The largest absolute Gasteiger partial charge is 0.490 e. The average Bonchev–Trinajstić information content (AvgIpc) is 2.98. The van der Waals surface area contributed by atoms with Gasteiger partial charge in [0.2, 0.25) is 0 Å². The van der Waals surface area contributed by atoms with Crippen molar-refractivity contribution < 1.29 is 9.15 Å². The molecule has 2 aromatic heterocycles. The quantitative estimate of drug-likeness (QED) is 0.564. The van der Waals surface area contributed by atoms with Crippen LogP contribution in [-0.4, -0.2) is 37.1 Å². The fourth-order valence-corrected chi connectivity index (χ4v) is 3.14. The number of nitrogens with one attached hydrogen (secondary N) is 1. The highest BCUT2D eigenvalue weighted by molar-refractivity contribution is 6.13. The van der Waals surface area contributed by atoms with Crippen LogP contribution >= 0.6 is 0 Å². The zero-order chi connectivity index (χ0) is 17.4. The summed E-state index contributed by atoms with van der Waals surface area (Å²) in [5.41, 5.74) is 1.98. The third-order valence-corrected chi connectivity index (χ3v) is 4.34. The first-order valence-corrected chi connectivity index (χ1v) is 8.39. The Balaban J connectivity index is 1.83. The highest BCUT2D eigenvalue weighted by atomic mass is 16.5. The molecule has 0 aliphatic rings. The number of pyridine rings is 1. The summed E-state index contributed by atoms with van der Waals surface area (Å²) < 4.78 is 12.1. The molecule has 0 fully saturated rings. The van der Waals surface area contributed by atoms with Crippen LogP contribution < -0.4 is 10.3 Å². The van der Waals surface area contributed by atoms with Crippen LogP contribution in [0.25, 0.3) is 32.8 Å². The maximum absolute atomic E-state index is 12.4. The second-order valence-electron chi connectivity index (χ2n) is 6.44. The van der Waals surface area contributed by atoms with Crippen molar-refractivity contribution in [2.24, 2.45) is 0 Å². The molecule has 2 heterocycles. The molecule has 4 aromatic rings. The Hall–Kier alpha value is -2.79. The van der Waals surface area contributed by atoms with E-state index in [0.717, 1.165) is 29.3 Å². The number of hydrogen-bond acceptors (Lipinski definition) is 4. The van der Waals surface area contributed by atoms with Gasteiger partial charge in [0.15, 0.2) is 16.9 Å². The summed E-state index contributed by atoms with van der Waals surface area (Å²) >= 11 is 0. The predicted octanol–water partition coefficient (Wildman–Crippen LogP) is 3.76. The van der Waals surface area contributed by atoms with Gasteiger partial charge in [-0.05, 0) is 38.7 Å². The van der Waals surface area contributed by atoms with E-state index < -0.39 is 0 Å². The van der Waals surface area contributed by atoms with Gasteiger partial charge in [0.1, 0.15) is 0 Å². The van der Waals surface area contributed by atoms with E-state index in [9.17, 15) is 4.79 Å². The number of rotatable bonds is 5. The predicted molar refractivity (Wildman–Crippen MR) is 101 cm³/mol. The van der Waals surface area contributed by atoms with Crippen molar-refractivity contribution in [3.63, 3.8) is 0 Å². The Bertz CT molecular complexity index is 1110. The summed E-state index contributed by atoms with van der Waals surface area (Å²) in [7, 11) is 4.09. The summed E-state index contributed by atoms with van der Waals surface area (Å²) in [6.45, 7) is 1.58. The van der Waals surface area contributed by atoms with E-state index in [1.165, 1.54) is 0 Å². The number of ether oxygens (including phenoxy) is 1. The van der Waals surface area contributed by atoms with Crippen molar-refractivity contribution in [1.29, 1.82) is 0 Å². The highest BCUT2D eigenvalue weighted by Crippen LogP contribution is 2.35. The molecule has 0 unspecified atom stereocenters. The smallest absolute Gasteiger partial charge is 0.256 e. The summed E-state index contributed by atoms with van der Waals surface area (Å²) in [4.78, 5) is 17.4. The zero-order valence-electron chi connectivity index (χ0n) is 14.3. The molecule has 0 amide bonds. The molecule has 5 heteroatoms. The van der Waals surface area contributed by atoms with E-state index in [-0.39, 0.29) is 5.56 Å². The molecule has 2 aromatic carbocycles. The zero-order valence-corrected chi connectivity index (χ0v) is 14.3. The van der Waals surface area contributed by atoms with Gasteiger partial charge in [0, 0.05) is 17.3 Å². The van der Waals surface area contributed by atoms with Gasteiger partial charge < -0.3 is 19.0 Å². The lowest BCUT2D eigenvalue weighted by molar-refractivity contribution is 0.281. The van der Waals surface area contributed by atoms with Crippen LogP contribution in [0.1, 0.15) is 6.42 Å². The van der Waals surface area contributed by atoms with Crippen molar-refractivity contribution in [2.45, 2.75) is 6.42 Å². The molecule has 128 valence electrons.